The maximum Gasteiger partial charge on any atom is 0.291 e. The number of hydrogen-bond acceptors (Lipinski definition) is 5. The molecule has 172 valence electrons. The smallest absolute Gasteiger partial charge is 0.291 e. The highest BCUT2D eigenvalue weighted by Gasteiger charge is 2.15. The number of furan rings is 1. The fourth-order valence-electron chi connectivity index (χ4n) is 4.21. The summed E-state index contributed by atoms with van der Waals surface area (Å²) in [5, 5.41) is 6.09. The number of anilines is 2. The molecule has 0 aliphatic carbocycles. The van der Waals surface area contributed by atoms with Crippen molar-refractivity contribution in [2.24, 2.45) is 0 Å². The van der Waals surface area contributed by atoms with Gasteiger partial charge in [-0.3, -0.25) is 19.0 Å². The molecule has 0 radical (unpaired) electrons. The molecule has 0 fully saturated rings. The number of hydrogen-bond donors (Lipinski definition) is 2. The lowest BCUT2D eigenvalue weighted by atomic mass is 10.1. The topological polar surface area (TPSA) is 106 Å². The molecule has 5 rings (SSSR count). The predicted octanol–water partition coefficient (Wildman–Crippen LogP) is 4.61. The number of amides is 2. The number of aryl methyl sites for hydroxylation is 1. The van der Waals surface area contributed by atoms with Crippen molar-refractivity contribution in [3.05, 3.63) is 88.4 Å². The summed E-state index contributed by atoms with van der Waals surface area (Å²) in [7, 11) is 0. The zero-order valence-electron chi connectivity index (χ0n) is 18.5. The van der Waals surface area contributed by atoms with Crippen molar-refractivity contribution in [1.82, 2.24) is 9.55 Å². The molecule has 0 saturated carbocycles. The van der Waals surface area contributed by atoms with Crippen LogP contribution in [-0.2, 0) is 13.0 Å². The standard InChI is InChI=1S/C26H24N4O4/c31-24(27-18-7-5-8-19(16-18)28-25(32)22-9-6-14-34-22)17-11-12-20-21(15-17)29-23-10-3-1-2-4-13-30(23)26(20)33/h5-9,11-12,14-16H,1-4,10,13H2,(H,27,31)(H,28,32). The second kappa shape index (κ2) is 9.35. The van der Waals surface area contributed by atoms with Gasteiger partial charge in [0.2, 0.25) is 0 Å². The zero-order valence-corrected chi connectivity index (χ0v) is 18.5. The number of aromatic nitrogens is 2. The number of rotatable bonds is 4. The van der Waals surface area contributed by atoms with E-state index in [1.807, 2.05) is 0 Å². The third-order valence-electron chi connectivity index (χ3n) is 5.95. The Morgan fingerprint density at radius 2 is 1.68 bits per heavy atom. The number of nitrogens with zero attached hydrogens (tertiary/aromatic N) is 2. The van der Waals surface area contributed by atoms with Crippen molar-refractivity contribution in [1.29, 1.82) is 0 Å². The first kappa shape index (κ1) is 21.6. The monoisotopic (exact) mass is 456 g/mol. The van der Waals surface area contributed by atoms with Gasteiger partial charge in [0.1, 0.15) is 5.82 Å². The summed E-state index contributed by atoms with van der Waals surface area (Å²) in [5.74, 6) is 0.275. The van der Waals surface area contributed by atoms with Crippen LogP contribution in [0, 0.1) is 0 Å². The molecule has 34 heavy (non-hydrogen) atoms. The SMILES string of the molecule is O=C(Nc1cccc(NC(=O)c2ccco2)c1)c1ccc2c(=O)n3c(nc2c1)CCCCCC3. The lowest BCUT2D eigenvalue weighted by Crippen LogP contribution is -2.26. The Labute approximate surface area is 195 Å². The van der Waals surface area contributed by atoms with Crippen LogP contribution in [0.15, 0.2) is 70.1 Å². The van der Waals surface area contributed by atoms with E-state index in [4.69, 9.17) is 9.40 Å². The maximum atomic E-state index is 13.0. The van der Waals surface area contributed by atoms with Gasteiger partial charge in [0.05, 0.1) is 17.2 Å². The van der Waals surface area contributed by atoms with E-state index in [1.165, 1.54) is 6.26 Å². The van der Waals surface area contributed by atoms with Crippen LogP contribution in [0.5, 0.6) is 0 Å². The first-order valence-electron chi connectivity index (χ1n) is 11.4. The number of fused-ring (bicyclic) bond motifs is 2. The van der Waals surface area contributed by atoms with Gasteiger partial charge in [-0.25, -0.2) is 4.98 Å². The van der Waals surface area contributed by atoms with Gasteiger partial charge >= 0.3 is 0 Å². The van der Waals surface area contributed by atoms with Gasteiger partial charge in [-0.1, -0.05) is 18.9 Å². The first-order valence-corrected chi connectivity index (χ1v) is 11.4. The average Bonchev–Trinajstić information content (AvgIpc) is 3.36. The molecule has 0 atom stereocenters. The molecule has 1 aliphatic heterocycles. The Bertz CT molecular complexity index is 1420. The lowest BCUT2D eigenvalue weighted by Gasteiger charge is -2.16. The second-order valence-electron chi connectivity index (χ2n) is 8.35. The van der Waals surface area contributed by atoms with E-state index >= 15 is 0 Å². The van der Waals surface area contributed by atoms with Gasteiger partial charge in [-0.05, 0) is 61.4 Å². The van der Waals surface area contributed by atoms with E-state index in [-0.39, 0.29) is 23.1 Å². The minimum Gasteiger partial charge on any atom is -0.459 e. The lowest BCUT2D eigenvalue weighted by molar-refractivity contribution is 0.0995. The average molecular weight is 457 g/mol. The van der Waals surface area contributed by atoms with Gasteiger partial charge in [0.15, 0.2) is 5.76 Å². The van der Waals surface area contributed by atoms with Crippen molar-refractivity contribution in [2.75, 3.05) is 10.6 Å². The highest BCUT2D eigenvalue weighted by atomic mass is 16.3. The summed E-state index contributed by atoms with van der Waals surface area (Å²) in [4.78, 5) is 42.9. The van der Waals surface area contributed by atoms with Gasteiger partial charge < -0.3 is 15.1 Å². The zero-order chi connectivity index (χ0) is 23.5. The van der Waals surface area contributed by atoms with E-state index in [1.54, 1.807) is 59.2 Å². The van der Waals surface area contributed by atoms with Crippen LogP contribution in [0.2, 0.25) is 0 Å². The molecule has 8 heteroatoms. The van der Waals surface area contributed by atoms with Crippen LogP contribution >= 0.6 is 0 Å². The van der Waals surface area contributed by atoms with Gasteiger partial charge in [-0.2, -0.15) is 0 Å². The maximum absolute atomic E-state index is 13.0. The molecule has 2 aromatic carbocycles. The van der Waals surface area contributed by atoms with Gasteiger partial charge in [0, 0.05) is 29.9 Å². The van der Waals surface area contributed by atoms with E-state index in [0.29, 0.717) is 34.4 Å². The largest absolute Gasteiger partial charge is 0.459 e. The van der Waals surface area contributed by atoms with Crippen LogP contribution in [0.25, 0.3) is 10.9 Å². The molecular formula is C26H24N4O4. The van der Waals surface area contributed by atoms with Crippen LogP contribution in [0.4, 0.5) is 11.4 Å². The van der Waals surface area contributed by atoms with Crippen LogP contribution in [-0.4, -0.2) is 21.4 Å². The number of carbonyl (C=O) groups is 2. The van der Waals surface area contributed by atoms with Gasteiger partial charge in [0.25, 0.3) is 17.4 Å². The summed E-state index contributed by atoms with van der Waals surface area (Å²) in [6, 6.07) is 15.0. The number of nitrogens with one attached hydrogen (secondary N) is 2. The summed E-state index contributed by atoms with van der Waals surface area (Å²) in [6.45, 7) is 0.687. The molecule has 0 unspecified atom stereocenters. The number of carbonyl (C=O) groups excluding carboxylic acids is 2. The van der Waals surface area contributed by atoms with Gasteiger partial charge in [-0.15, -0.1) is 0 Å². The molecule has 4 aromatic rings. The molecule has 2 amide bonds. The number of benzene rings is 2. The molecule has 0 spiro atoms. The summed E-state index contributed by atoms with van der Waals surface area (Å²) in [6.07, 6.45) is 6.43. The Hall–Kier alpha value is -4.20. The van der Waals surface area contributed by atoms with Crippen molar-refractivity contribution >= 4 is 34.1 Å². The van der Waals surface area contributed by atoms with E-state index < -0.39 is 0 Å². The molecule has 2 aromatic heterocycles. The molecule has 8 nitrogen and oxygen atoms in total. The van der Waals surface area contributed by atoms with Crippen molar-refractivity contribution in [2.45, 2.75) is 38.6 Å². The normalized spacial score (nSPS) is 13.5. The Kier molecular flexibility index (Phi) is 5.95. The molecule has 0 saturated heterocycles. The minimum absolute atomic E-state index is 0.0474. The van der Waals surface area contributed by atoms with E-state index in [2.05, 4.69) is 10.6 Å². The van der Waals surface area contributed by atoms with E-state index in [9.17, 15) is 14.4 Å². The fraction of sp³-hybridized carbons (Fsp3) is 0.231. The molecule has 3 heterocycles. The van der Waals surface area contributed by atoms with Crippen LogP contribution < -0.4 is 16.2 Å². The first-order chi connectivity index (χ1) is 16.6. The molecule has 1 aliphatic rings. The highest BCUT2D eigenvalue weighted by molar-refractivity contribution is 6.07. The summed E-state index contributed by atoms with van der Waals surface area (Å²) >= 11 is 0. The Morgan fingerprint density at radius 1 is 0.882 bits per heavy atom. The second-order valence-corrected chi connectivity index (χ2v) is 8.35. The quantitative estimate of drug-likeness (QED) is 0.466. The summed E-state index contributed by atoms with van der Waals surface area (Å²) < 4.78 is 6.88. The molecular weight excluding hydrogens is 432 g/mol. The Morgan fingerprint density at radius 3 is 2.47 bits per heavy atom. The van der Waals surface area contributed by atoms with E-state index in [0.717, 1.165) is 37.9 Å². The summed E-state index contributed by atoms with van der Waals surface area (Å²) in [5.41, 5.74) is 1.93. The molecule has 2 N–H and O–H groups in total. The van der Waals surface area contributed by atoms with Crippen molar-refractivity contribution in [3.63, 3.8) is 0 Å². The predicted molar refractivity (Wildman–Crippen MR) is 129 cm³/mol. The van der Waals surface area contributed by atoms with Crippen molar-refractivity contribution < 1.29 is 14.0 Å². The van der Waals surface area contributed by atoms with Crippen LogP contribution in [0.1, 0.15) is 52.4 Å². The third-order valence-corrected chi connectivity index (χ3v) is 5.95. The molecule has 0 bridgehead atoms. The highest BCUT2D eigenvalue weighted by Crippen LogP contribution is 2.20. The third kappa shape index (κ3) is 4.47. The Balaban J connectivity index is 1.37. The van der Waals surface area contributed by atoms with Crippen LogP contribution in [0.3, 0.4) is 0 Å². The minimum atomic E-state index is -0.379. The van der Waals surface area contributed by atoms with Crippen molar-refractivity contribution in [3.8, 4) is 0 Å². The fourth-order valence-corrected chi connectivity index (χ4v) is 4.21.